The molecule has 3 heterocycles. The summed E-state index contributed by atoms with van der Waals surface area (Å²) in [6, 6.07) is 13.9. The molecule has 0 bridgehead atoms. The largest absolute Gasteiger partial charge is 0.388 e. The van der Waals surface area contributed by atoms with Crippen molar-refractivity contribution in [3.05, 3.63) is 58.8 Å². The Morgan fingerprint density at radius 1 is 1.16 bits per heavy atom. The monoisotopic (exact) mass is 627 g/mol. The molecule has 44 heavy (non-hydrogen) atoms. The molecule has 0 amide bonds. The number of benzene rings is 2. The minimum atomic E-state index is -1.81. The van der Waals surface area contributed by atoms with Gasteiger partial charge >= 0.3 is 0 Å². The van der Waals surface area contributed by atoms with E-state index in [0.29, 0.717) is 5.69 Å². The fraction of sp³-hybridized carbons (Fsp3) is 0.483. The quantitative estimate of drug-likeness (QED) is 0.169. The fourth-order valence-electron chi connectivity index (χ4n) is 5.10. The highest BCUT2D eigenvalue weighted by Crippen LogP contribution is 2.24. The summed E-state index contributed by atoms with van der Waals surface area (Å²) in [5.74, 6) is 0. The van der Waals surface area contributed by atoms with E-state index in [9.17, 15) is 24.8 Å². The van der Waals surface area contributed by atoms with Gasteiger partial charge in [0.25, 0.3) is 0 Å². The van der Waals surface area contributed by atoms with E-state index in [1.165, 1.54) is 11.8 Å². The zero-order chi connectivity index (χ0) is 31.1. The Hall–Kier alpha value is -3.30. The van der Waals surface area contributed by atoms with E-state index in [1.807, 2.05) is 36.4 Å². The maximum Gasteiger partial charge on any atom is 0.186 e. The van der Waals surface area contributed by atoms with Crippen molar-refractivity contribution in [1.29, 1.82) is 5.26 Å². The van der Waals surface area contributed by atoms with Crippen molar-refractivity contribution in [1.82, 2.24) is 24.6 Å². The smallest absolute Gasteiger partial charge is 0.186 e. The molecular weight excluding hydrogens is 590 g/mol. The highest BCUT2D eigenvalue weighted by Gasteiger charge is 2.44. The number of hydrogen-bond acceptors (Lipinski definition) is 12. The minimum Gasteiger partial charge on any atom is -0.388 e. The third-order valence-corrected chi connectivity index (χ3v) is 8.59. The Morgan fingerprint density at radius 3 is 2.70 bits per heavy atom. The van der Waals surface area contributed by atoms with Crippen molar-refractivity contribution in [2.24, 2.45) is 0 Å². The van der Waals surface area contributed by atoms with Crippen molar-refractivity contribution < 1.29 is 33.7 Å². The van der Waals surface area contributed by atoms with Crippen LogP contribution in [0.2, 0.25) is 0 Å². The van der Waals surface area contributed by atoms with Gasteiger partial charge in [-0.2, -0.15) is 5.26 Å². The van der Waals surface area contributed by atoms with E-state index in [4.69, 9.17) is 14.2 Å². The van der Waals surface area contributed by atoms with Crippen LogP contribution in [-0.4, -0.2) is 117 Å². The summed E-state index contributed by atoms with van der Waals surface area (Å²) >= 11 is 0. The molecule has 2 saturated heterocycles. The number of morpholine rings is 1. The minimum absolute atomic E-state index is 0.0260. The molecule has 5 rings (SSSR count). The summed E-state index contributed by atoms with van der Waals surface area (Å²) in [5.41, 5.74) is 2.22. The van der Waals surface area contributed by atoms with Crippen molar-refractivity contribution in [2.45, 2.75) is 43.8 Å². The molecule has 1 aromatic heterocycles. The average molecular weight is 628 g/mol. The van der Waals surface area contributed by atoms with E-state index in [-0.39, 0.29) is 18.0 Å². The van der Waals surface area contributed by atoms with Crippen LogP contribution in [0.15, 0.2) is 47.5 Å². The van der Waals surface area contributed by atoms with Gasteiger partial charge in [0.15, 0.2) is 6.29 Å². The maximum absolute atomic E-state index is 12.9. The number of aliphatic hydroxyl groups excluding tert-OH is 3. The van der Waals surface area contributed by atoms with Crippen LogP contribution in [0.25, 0.3) is 16.8 Å². The van der Waals surface area contributed by atoms with Crippen LogP contribution in [-0.2, 0) is 38.3 Å². The lowest BCUT2D eigenvalue weighted by Gasteiger charge is -2.39. The number of rotatable bonds is 12. The first kappa shape index (κ1) is 32.1. The first-order chi connectivity index (χ1) is 21.3. The molecule has 3 aromatic rings. The molecule has 15 heteroatoms. The summed E-state index contributed by atoms with van der Waals surface area (Å²) in [4.78, 5) is 2.43. The Labute approximate surface area is 257 Å². The normalized spacial score (nSPS) is 25.5. The lowest BCUT2D eigenvalue weighted by Crippen LogP contribution is -2.58. The lowest BCUT2D eigenvalue weighted by molar-refractivity contribution is -0.292. The first-order valence-corrected chi connectivity index (χ1v) is 15.5. The van der Waals surface area contributed by atoms with E-state index in [0.717, 1.165) is 61.4 Å². The zero-order valence-electron chi connectivity index (χ0n) is 24.3. The second-order valence-corrected chi connectivity index (χ2v) is 11.9. The number of hydrogen-bond donors (Lipinski definition) is 5. The van der Waals surface area contributed by atoms with Crippen LogP contribution in [0.4, 0.5) is 5.69 Å². The molecule has 2 aliphatic rings. The third-order valence-electron chi connectivity index (χ3n) is 7.57. The number of anilines is 1. The Morgan fingerprint density at radius 2 is 1.93 bits per heavy atom. The van der Waals surface area contributed by atoms with Gasteiger partial charge < -0.3 is 34.8 Å². The molecule has 236 valence electrons. The van der Waals surface area contributed by atoms with Crippen LogP contribution in [0.5, 0.6) is 0 Å². The molecule has 0 saturated carbocycles. The van der Waals surface area contributed by atoms with E-state index in [1.54, 1.807) is 12.3 Å². The lowest BCUT2D eigenvalue weighted by atomic mass is 9.99. The van der Waals surface area contributed by atoms with Crippen LogP contribution in [0.1, 0.15) is 11.3 Å². The number of aromatic nitrogens is 3. The van der Waals surface area contributed by atoms with Crippen LogP contribution < -0.4 is 10.0 Å². The molecule has 2 aliphatic heterocycles. The second kappa shape index (κ2) is 15.1. The van der Waals surface area contributed by atoms with Gasteiger partial charge in [0.05, 0.1) is 32.0 Å². The van der Waals surface area contributed by atoms with Gasteiger partial charge in [-0.05, 0) is 40.6 Å². The van der Waals surface area contributed by atoms with Crippen molar-refractivity contribution in [3.63, 3.8) is 0 Å². The predicted molar refractivity (Wildman–Crippen MR) is 162 cm³/mol. The van der Waals surface area contributed by atoms with Crippen molar-refractivity contribution in [3.8, 4) is 6.07 Å². The Bertz CT molecular complexity index is 1500. The Balaban J connectivity index is 1.14. The standard InChI is InChI=1S/C29H37N7O7S/c1-41-29-28(39)27(38)26(37)25(43-29)18-36-17-23(33-34-36)16-32-44(40)24(15-30)13-19-2-3-21-14-22(5-4-20(21)12-19)31-6-7-35-8-10-42-11-9-35/h2-5,12-14,17,25-29,31-32,37-39H,6-11,16,18H2,1H3/b24-13+/t25-,26-,27+,28-,29+,44?/m1/s1. The van der Waals surface area contributed by atoms with Gasteiger partial charge in [-0.15, -0.1) is 5.10 Å². The van der Waals surface area contributed by atoms with E-state index in [2.05, 4.69) is 31.3 Å². The highest BCUT2D eigenvalue weighted by molar-refractivity contribution is 7.87. The summed E-state index contributed by atoms with van der Waals surface area (Å²) in [7, 11) is -0.490. The molecule has 6 atom stereocenters. The first-order valence-electron chi connectivity index (χ1n) is 14.3. The molecule has 0 radical (unpaired) electrons. The third kappa shape index (κ3) is 8.04. The average Bonchev–Trinajstić information content (AvgIpc) is 3.50. The number of nitriles is 1. The Kier molecular flexibility index (Phi) is 11.0. The van der Waals surface area contributed by atoms with Gasteiger partial charge in [0.2, 0.25) is 0 Å². The highest BCUT2D eigenvalue weighted by atomic mass is 32.2. The molecule has 5 N–H and O–H groups in total. The summed E-state index contributed by atoms with van der Waals surface area (Å²) in [6.07, 6.45) is -3.07. The van der Waals surface area contributed by atoms with Gasteiger partial charge in [0, 0.05) is 45.2 Å². The van der Waals surface area contributed by atoms with Gasteiger partial charge in [-0.3, -0.25) is 4.90 Å². The van der Waals surface area contributed by atoms with Crippen LogP contribution in [0.3, 0.4) is 0 Å². The molecular formula is C29H37N7O7S. The summed E-state index contributed by atoms with van der Waals surface area (Å²) in [6.45, 7) is 5.37. The number of methoxy groups -OCH3 is 1. The maximum atomic E-state index is 12.9. The van der Waals surface area contributed by atoms with Gasteiger partial charge in [-0.1, -0.05) is 23.4 Å². The molecule has 14 nitrogen and oxygen atoms in total. The van der Waals surface area contributed by atoms with Gasteiger partial charge in [0.1, 0.15) is 46.4 Å². The van der Waals surface area contributed by atoms with Crippen molar-refractivity contribution in [2.75, 3.05) is 51.8 Å². The van der Waals surface area contributed by atoms with E-state index >= 15 is 0 Å². The number of allylic oxidation sites excluding steroid dienone is 1. The summed E-state index contributed by atoms with van der Waals surface area (Å²) < 4.78 is 33.0. The summed E-state index contributed by atoms with van der Waals surface area (Å²) in [5, 5.41) is 53.5. The topological polar surface area (TPSA) is 187 Å². The van der Waals surface area contributed by atoms with Crippen molar-refractivity contribution >= 4 is 33.5 Å². The SMILES string of the molecule is CO[C@H]1O[C@H](Cn2cc(CNS(=O)/C(C#N)=C/c3ccc4cc(NCCN5CCOCC5)ccc4c3)nn2)[C@@H](O)[C@H](O)[C@H]1O. The molecule has 1 unspecified atom stereocenters. The predicted octanol–water partition coefficient (Wildman–Crippen LogP) is -0.0526. The fourth-order valence-corrected chi connectivity index (χ4v) is 5.86. The molecule has 0 spiro atoms. The number of fused-ring (bicyclic) bond motifs is 1. The van der Waals surface area contributed by atoms with E-state index < -0.39 is 41.7 Å². The number of nitrogens with one attached hydrogen (secondary N) is 2. The van der Waals surface area contributed by atoms with Gasteiger partial charge in [-0.25, -0.2) is 13.6 Å². The number of nitrogens with zero attached hydrogens (tertiary/aromatic N) is 5. The molecule has 2 fully saturated rings. The number of aliphatic hydroxyl groups is 3. The molecule has 0 aliphatic carbocycles. The van der Waals surface area contributed by atoms with Crippen LogP contribution in [0, 0.1) is 11.3 Å². The zero-order valence-corrected chi connectivity index (χ0v) is 25.1. The second-order valence-electron chi connectivity index (χ2n) is 10.6. The van der Waals surface area contributed by atoms with Crippen LogP contribution >= 0.6 is 0 Å². The number of ether oxygens (including phenoxy) is 3. The molecule has 2 aromatic carbocycles.